The van der Waals surface area contributed by atoms with Crippen LogP contribution >= 0.6 is 0 Å². The largest absolute Gasteiger partial charge is 0.297 e. The van der Waals surface area contributed by atoms with Gasteiger partial charge >= 0.3 is 0 Å². The number of nitrogens with one attached hydrogen (secondary N) is 1. The maximum absolute atomic E-state index is 14.4. The van der Waals surface area contributed by atoms with Crippen molar-refractivity contribution in [3.63, 3.8) is 0 Å². The Kier molecular flexibility index (Phi) is 5.81. The monoisotopic (exact) mass is 481 g/mol. The lowest BCUT2D eigenvalue weighted by atomic mass is 10.0. The van der Waals surface area contributed by atoms with Crippen LogP contribution in [0.5, 0.6) is 0 Å². The first-order valence-electron chi connectivity index (χ1n) is 12.3. The summed E-state index contributed by atoms with van der Waals surface area (Å²) in [5.74, 6) is -0.129. The molecule has 0 amide bonds. The quantitative estimate of drug-likeness (QED) is 0.360. The standard InChI is InChI=1S/C28H28FN7/c1-18-5-3-7-25(29)24(18)16-35-12-4-6-22(15-35)36-17-27(32-34-36)20-8-9-26-23(14-20)28(33-31-26)21-10-11-30-19(2)13-21/h3,5,7-11,13-14,17,22H,4,6,12,15-16H2,1-2H3,(H,31,33)/t22-/m1/s1. The lowest BCUT2D eigenvalue weighted by Crippen LogP contribution is -2.36. The van der Waals surface area contributed by atoms with Crippen molar-refractivity contribution in [2.24, 2.45) is 0 Å². The van der Waals surface area contributed by atoms with E-state index in [-0.39, 0.29) is 11.9 Å². The molecule has 0 bridgehead atoms. The normalized spacial score (nSPS) is 16.6. The second-order valence-corrected chi connectivity index (χ2v) is 9.67. The van der Waals surface area contributed by atoms with E-state index >= 15 is 0 Å². The molecule has 4 heterocycles. The first-order chi connectivity index (χ1) is 17.5. The van der Waals surface area contributed by atoms with Crippen molar-refractivity contribution in [1.82, 2.24) is 35.1 Å². The van der Waals surface area contributed by atoms with Crippen LogP contribution in [0.25, 0.3) is 33.4 Å². The topological polar surface area (TPSA) is 75.5 Å². The van der Waals surface area contributed by atoms with Gasteiger partial charge in [-0.25, -0.2) is 9.07 Å². The lowest BCUT2D eigenvalue weighted by Gasteiger charge is -2.32. The maximum atomic E-state index is 14.4. The minimum Gasteiger partial charge on any atom is -0.297 e. The van der Waals surface area contributed by atoms with Crippen molar-refractivity contribution >= 4 is 10.9 Å². The smallest absolute Gasteiger partial charge is 0.127 e. The van der Waals surface area contributed by atoms with Crippen molar-refractivity contribution in [2.75, 3.05) is 13.1 Å². The van der Waals surface area contributed by atoms with Crippen LogP contribution in [0.3, 0.4) is 0 Å². The Labute approximate surface area is 209 Å². The molecular formula is C28H28FN7. The minimum absolute atomic E-state index is 0.129. The molecule has 7 nitrogen and oxygen atoms in total. The van der Waals surface area contributed by atoms with Gasteiger partial charge in [0.25, 0.3) is 0 Å². The van der Waals surface area contributed by atoms with Gasteiger partial charge in [0.15, 0.2) is 0 Å². The number of pyridine rings is 1. The number of aromatic amines is 1. The fourth-order valence-corrected chi connectivity index (χ4v) is 5.15. The van der Waals surface area contributed by atoms with Crippen LogP contribution in [-0.2, 0) is 6.54 Å². The Hall–Kier alpha value is -3.91. The number of likely N-dealkylation sites (tertiary alicyclic amines) is 1. The average Bonchev–Trinajstić information content (AvgIpc) is 3.54. The summed E-state index contributed by atoms with van der Waals surface area (Å²) in [6.07, 6.45) is 5.91. The predicted octanol–water partition coefficient (Wildman–Crippen LogP) is 5.48. The lowest BCUT2D eigenvalue weighted by molar-refractivity contribution is 0.160. The molecule has 6 rings (SSSR count). The summed E-state index contributed by atoms with van der Waals surface area (Å²) in [7, 11) is 0. The highest BCUT2D eigenvalue weighted by atomic mass is 19.1. The van der Waals surface area contributed by atoms with E-state index in [4.69, 9.17) is 0 Å². The highest BCUT2D eigenvalue weighted by Crippen LogP contribution is 2.31. The number of halogens is 1. The molecular weight excluding hydrogens is 453 g/mol. The number of H-pyrrole nitrogens is 1. The second-order valence-electron chi connectivity index (χ2n) is 9.67. The highest BCUT2D eigenvalue weighted by molar-refractivity contribution is 5.95. The van der Waals surface area contributed by atoms with Gasteiger partial charge in [0.05, 0.1) is 17.8 Å². The van der Waals surface area contributed by atoms with Crippen LogP contribution in [0.1, 0.15) is 35.7 Å². The number of nitrogens with zero attached hydrogens (tertiary/aromatic N) is 6. The molecule has 1 N–H and O–H groups in total. The third kappa shape index (κ3) is 4.28. The summed E-state index contributed by atoms with van der Waals surface area (Å²) in [6.45, 7) is 6.35. The molecule has 0 saturated carbocycles. The minimum atomic E-state index is -0.129. The summed E-state index contributed by atoms with van der Waals surface area (Å²) >= 11 is 0. The van der Waals surface area contributed by atoms with Crippen LogP contribution in [0.2, 0.25) is 0 Å². The van der Waals surface area contributed by atoms with Crippen molar-refractivity contribution in [2.45, 2.75) is 39.3 Å². The number of rotatable bonds is 5. The average molecular weight is 482 g/mol. The van der Waals surface area contributed by atoms with E-state index in [1.165, 1.54) is 0 Å². The molecule has 182 valence electrons. The molecule has 1 aliphatic rings. The number of hydrogen-bond donors (Lipinski definition) is 1. The zero-order valence-electron chi connectivity index (χ0n) is 20.4. The van der Waals surface area contributed by atoms with Gasteiger partial charge in [-0.1, -0.05) is 23.4 Å². The summed E-state index contributed by atoms with van der Waals surface area (Å²) in [5.41, 5.74) is 7.46. The van der Waals surface area contributed by atoms with Gasteiger partial charge in [0, 0.05) is 47.1 Å². The summed E-state index contributed by atoms with van der Waals surface area (Å²) < 4.78 is 16.4. The molecule has 1 aliphatic heterocycles. The van der Waals surface area contributed by atoms with Gasteiger partial charge in [-0.3, -0.25) is 15.0 Å². The predicted molar refractivity (Wildman–Crippen MR) is 138 cm³/mol. The fraction of sp³-hybridized carbons (Fsp3) is 0.286. The zero-order valence-corrected chi connectivity index (χ0v) is 20.4. The molecule has 1 atom stereocenters. The molecule has 2 aromatic carbocycles. The van der Waals surface area contributed by atoms with E-state index in [0.29, 0.717) is 6.54 Å². The number of aryl methyl sites for hydroxylation is 2. The first kappa shape index (κ1) is 22.5. The number of hydrogen-bond acceptors (Lipinski definition) is 5. The van der Waals surface area contributed by atoms with E-state index in [1.54, 1.807) is 12.1 Å². The molecule has 1 fully saturated rings. The van der Waals surface area contributed by atoms with Gasteiger partial charge in [0.1, 0.15) is 17.2 Å². The summed E-state index contributed by atoms with van der Waals surface area (Å²) in [5, 5.41) is 17.7. The fourth-order valence-electron chi connectivity index (χ4n) is 5.15. The number of piperidine rings is 1. The van der Waals surface area contributed by atoms with Gasteiger partial charge in [-0.15, -0.1) is 5.10 Å². The third-order valence-electron chi connectivity index (χ3n) is 7.13. The van der Waals surface area contributed by atoms with E-state index < -0.39 is 0 Å². The van der Waals surface area contributed by atoms with Gasteiger partial charge in [-0.2, -0.15) is 5.10 Å². The van der Waals surface area contributed by atoms with E-state index in [9.17, 15) is 4.39 Å². The highest BCUT2D eigenvalue weighted by Gasteiger charge is 2.24. The van der Waals surface area contributed by atoms with Crippen molar-refractivity contribution in [1.29, 1.82) is 0 Å². The van der Waals surface area contributed by atoms with Gasteiger partial charge in [0.2, 0.25) is 0 Å². The molecule has 1 saturated heterocycles. The Morgan fingerprint density at radius 2 is 2.00 bits per heavy atom. The van der Waals surface area contributed by atoms with Crippen LogP contribution in [-0.4, -0.2) is 48.2 Å². The Morgan fingerprint density at radius 3 is 2.86 bits per heavy atom. The Morgan fingerprint density at radius 1 is 1.08 bits per heavy atom. The Balaban J connectivity index is 1.24. The van der Waals surface area contributed by atoms with E-state index in [1.807, 2.05) is 61.3 Å². The summed E-state index contributed by atoms with van der Waals surface area (Å²) in [6, 6.07) is 15.7. The Bertz CT molecular complexity index is 1520. The molecule has 3 aromatic heterocycles. The van der Waals surface area contributed by atoms with Crippen molar-refractivity contribution in [3.05, 3.63) is 83.6 Å². The molecule has 5 aromatic rings. The van der Waals surface area contributed by atoms with Crippen LogP contribution in [0.15, 0.2) is 60.9 Å². The second kappa shape index (κ2) is 9.28. The number of aromatic nitrogens is 6. The molecule has 0 spiro atoms. The summed E-state index contributed by atoms with van der Waals surface area (Å²) in [4.78, 5) is 6.62. The van der Waals surface area contributed by atoms with Crippen LogP contribution < -0.4 is 0 Å². The van der Waals surface area contributed by atoms with Crippen LogP contribution in [0, 0.1) is 19.7 Å². The number of benzene rings is 2. The molecule has 36 heavy (non-hydrogen) atoms. The van der Waals surface area contributed by atoms with E-state index in [2.05, 4.69) is 36.5 Å². The zero-order chi connectivity index (χ0) is 24.6. The van der Waals surface area contributed by atoms with Crippen LogP contribution in [0.4, 0.5) is 4.39 Å². The molecule has 8 heteroatoms. The van der Waals surface area contributed by atoms with Crippen molar-refractivity contribution < 1.29 is 4.39 Å². The molecule has 0 unspecified atom stereocenters. The van der Waals surface area contributed by atoms with E-state index in [0.717, 1.165) is 76.2 Å². The molecule has 0 aliphatic carbocycles. The number of fused-ring (bicyclic) bond motifs is 1. The van der Waals surface area contributed by atoms with Gasteiger partial charge in [-0.05, 0) is 69.1 Å². The first-order valence-corrected chi connectivity index (χ1v) is 12.3. The third-order valence-corrected chi connectivity index (χ3v) is 7.13. The maximum Gasteiger partial charge on any atom is 0.127 e. The van der Waals surface area contributed by atoms with Crippen molar-refractivity contribution in [3.8, 4) is 22.5 Å². The molecule has 0 radical (unpaired) electrons. The van der Waals surface area contributed by atoms with Gasteiger partial charge < -0.3 is 0 Å². The SMILES string of the molecule is Cc1cc(-c2n[nH]c3ccc(-c4cn([C@@H]5CCCN(Cc6c(C)cccc6F)C5)nn4)cc23)ccn1.